The van der Waals surface area contributed by atoms with Crippen LogP contribution in [0.3, 0.4) is 0 Å². The zero-order chi connectivity index (χ0) is 13.1. The predicted molar refractivity (Wildman–Crippen MR) is 73.5 cm³/mol. The molecule has 0 aromatic rings. The average Bonchev–Trinajstić information content (AvgIpc) is 2.63. The Morgan fingerprint density at radius 3 is 2.61 bits per heavy atom. The molecular weight excluding hydrogens is 254 g/mol. The van der Waals surface area contributed by atoms with Crippen molar-refractivity contribution in [1.29, 1.82) is 0 Å². The predicted octanol–water partition coefficient (Wildman–Crippen LogP) is 0.567. The Bertz CT molecular complexity index is 310. The molecule has 2 amide bonds. The summed E-state index contributed by atoms with van der Waals surface area (Å²) in [4.78, 5) is 23.0. The SMILES string of the molecule is CC(C)CC(C)(CN)NC(=O)C1CCC(=O)N1.Cl. The van der Waals surface area contributed by atoms with Crippen molar-refractivity contribution in [2.75, 3.05) is 6.54 Å². The maximum Gasteiger partial charge on any atom is 0.243 e. The quantitative estimate of drug-likeness (QED) is 0.687. The smallest absolute Gasteiger partial charge is 0.243 e. The zero-order valence-electron chi connectivity index (χ0n) is 11.3. The van der Waals surface area contributed by atoms with Gasteiger partial charge in [-0.1, -0.05) is 13.8 Å². The molecule has 18 heavy (non-hydrogen) atoms. The van der Waals surface area contributed by atoms with Crippen LogP contribution in [0.1, 0.15) is 40.0 Å². The molecule has 1 aliphatic rings. The van der Waals surface area contributed by atoms with Gasteiger partial charge in [0.05, 0.1) is 0 Å². The van der Waals surface area contributed by atoms with Gasteiger partial charge in [-0.2, -0.15) is 0 Å². The van der Waals surface area contributed by atoms with Gasteiger partial charge < -0.3 is 16.4 Å². The Morgan fingerprint density at radius 2 is 2.22 bits per heavy atom. The van der Waals surface area contributed by atoms with Crippen molar-refractivity contribution in [3.63, 3.8) is 0 Å². The van der Waals surface area contributed by atoms with Crippen LogP contribution in [0.4, 0.5) is 0 Å². The second-order valence-electron chi connectivity index (χ2n) is 5.51. The van der Waals surface area contributed by atoms with E-state index in [1.54, 1.807) is 0 Å². The standard InChI is InChI=1S/C12H23N3O2.ClH/c1-8(2)6-12(3,7-13)15-11(17)9-4-5-10(16)14-9;/h8-9H,4-7,13H2,1-3H3,(H,14,16)(H,15,17);1H. The van der Waals surface area contributed by atoms with Gasteiger partial charge in [0.1, 0.15) is 6.04 Å². The minimum atomic E-state index is -0.390. The van der Waals surface area contributed by atoms with Gasteiger partial charge in [-0.3, -0.25) is 9.59 Å². The minimum absolute atomic E-state index is 0. The third-order valence-corrected chi connectivity index (χ3v) is 3.05. The first-order chi connectivity index (χ1) is 7.86. The Morgan fingerprint density at radius 1 is 1.61 bits per heavy atom. The van der Waals surface area contributed by atoms with Crippen LogP contribution >= 0.6 is 12.4 Å². The molecule has 0 bridgehead atoms. The lowest BCUT2D eigenvalue weighted by molar-refractivity contribution is -0.127. The molecule has 2 unspecified atom stereocenters. The molecular formula is C12H24ClN3O2. The molecule has 1 fully saturated rings. The van der Waals surface area contributed by atoms with Gasteiger partial charge in [0.2, 0.25) is 11.8 Å². The van der Waals surface area contributed by atoms with E-state index < -0.39 is 5.54 Å². The summed E-state index contributed by atoms with van der Waals surface area (Å²) in [6.45, 7) is 6.54. The highest BCUT2D eigenvalue weighted by Crippen LogP contribution is 2.16. The Labute approximate surface area is 115 Å². The van der Waals surface area contributed by atoms with E-state index in [-0.39, 0.29) is 30.3 Å². The fourth-order valence-electron chi connectivity index (χ4n) is 2.28. The molecule has 1 heterocycles. The van der Waals surface area contributed by atoms with Crippen LogP contribution in [0.25, 0.3) is 0 Å². The monoisotopic (exact) mass is 277 g/mol. The third kappa shape index (κ3) is 4.82. The minimum Gasteiger partial charge on any atom is -0.348 e. The first-order valence-corrected chi connectivity index (χ1v) is 6.18. The van der Waals surface area contributed by atoms with E-state index >= 15 is 0 Å². The molecule has 0 spiro atoms. The first-order valence-electron chi connectivity index (χ1n) is 6.18. The first kappa shape index (κ1) is 17.2. The summed E-state index contributed by atoms with van der Waals surface area (Å²) in [7, 11) is 0. The highest BCUT2D eigenvalue weighted by atomic mass is 35.5. The summed E-state index contributed by atoms with van der Waals surface area (Å²) in [5.74, 6) is 0.287. The number of nitrogens with one attached hydrogen (secondary N) is 2. The zero-order valence-corrected chi connectivity index (χ0v) is 12.1. The summed E-state index contributed by atoms with van der Waals surface area (Å²) in [5.41, 5.74) is 5.34. The lowest BCUT2D eigenvalue weighted by Gasteiger charge is -2.32. The Kier molecular flexibility index (Phi) is 6.63. The lowest BCUT2D eigenvalue weighted by atomic mass is 9.90. The molecule has 0 aromatic heterocycles. The molecule has 106 valence electrons. The fourth-order valence-corrected chi connectivity index (χ4v) is 2.28. The van der Waals surface area contributed by atoms with Crippen molar-refractivity contribution >= 4 is 24.2 Å². The second kappa shape index (κ2) is 6.95. The molecule has 1 aliphatic heterocycles. The van der Waals surface area contributed by atoms with E-state index in [2.05, 4.69) is 24.5 Å². The van der Waals surface area contributed by atoms with Crippen molar-refractivity contribution in [2.45, 2.75) is 51.6 Å². The summed E-state index contributed by atoms with van der Waals surface area (Å²) in [6, 6.07) is -0.388. The summed E-state index contributed by atoms with van der Waals surface area (Å²) in [5, 5.41) is 5.62. The normalized spacial score (nSPS) is 22.1. The van der Waals surface area contributed by atoms with Gasteiger partial charge >= 0.3 is 0 Å². The van der Waals surface area contributed by atoms with Crippen molar-refractivity contribution < 1.29 is 9.59 Å². The number of hydrogen-bond donors (Lipinski definition) is 3. The largest absolute Gasteiger partial charge is 0.348 e. The van der Waals surface area contributed by atoms with Gasteiger partial charge in [0, 0.05) is 18.5 Å². The van der Waals surface area contributed by atoms with Crippen LogP contribution in [0, 0.1) is 5.92 Å². The topological polar surface area (TPSA) is 84.2 Å². The number of halogens is 1. The van der Waals surface area contributed by atoms with Crippen molar-refractivity contribution in [1.82, 2.24) is 10.6 Å². The summed E-state index contributed by atoms with van der Waals surface area (Å²) in [6.07, 6.45) is 1.84. The van der Waals surface area contributed by atoms with Crippen LogP contribution in [-0.2, 0) is 9.59 Å². The summed E-state index contributed by atoms with van der Waals surface area (Å²) < 4.78 is 0. The van der Waals surface area contributed by atoms with Crippen LogP contribution in [0.15, 0.2) is 0 Å². The third-order valence-electron chi connectivity index (χ3n) is 3.05. The molecule has 5 nitrogen and oxygen atoms in total. The molecule has 0 saturated carbocycles. The van der Waals surface area contributed by atoms with Gasteiger partial charge in [-0.25, -0.2) is 0 Å². The molecule has 6 heteroatoms. The van der Waals surface area contributed by atoms with Crippen LogP contribution in [-0.4, -0.2) is 29.9 Å². The van der Waals surface area contributed by atoms with Crippen molar-refractivity contribution in [2.24, 2.45) is 11.7 Å². The molecule has 2 atom stereocenters. The van der Waals surface area contributed by atoms with E-state index in [1.807, 2.05) is 6.92 Å². The van der Waals surface area contributed by atoms with E-state index in [9.17, 15) is 9.59 Å². The van der Waals surface area contributed by atoms with Gasteiger partial charge in [-0.05, 0) is 25.7 Å². The van der Waals surface area contributed by atoms with E-state index in [1.165, 1.54) is 0 Å². The molecule has 1 rings (SSSR count). The molecule has 1 saturated heterocycles. The van der Waals surface area contributed by atoms with E-state index in [0.717, 1.165) is 6.42 Å². The lowest BCUT2D eigenvalue weighted by Crippen LogP contribution is -2.56. The van der Waals surface area contributed by atoms with Gasteiger partial charge in [0.15, 0.2) is 0 Å². The van der Waals surface area contributed by atoms with Gasteiger partial charge in [-0.15, -0.1) is 12.4 Å². The molecule has 0 radical (unpaired) electrons. The fraction of sp³-hybridized carbons (Fsp3) is 0.833. The number of amides is 2. The van der Waals surface area contributed by atoms with Gasteiger partial charge in [0.25, 0.3) is 0 Å². The number of nitrogens with two attached hydrogens (primary N) is 1. The van der Waals surface area contributed by atoms with Crippen LogP contribution in [0.2, 0.25) is 0 Å². The maximum absolute atomic E-state index is 12.0. The Balaban J connectivity index is 0.00000289. The van der Waals surface area contributed by atoms with E-state index in [0.29, 0.717) is 25.3 Å². The molecule has 0 aliphatic carbocycles. The number of rotatable bonds is 5. The number of carbonyl (C=O) groups is 2. The Hall–Kier alpha value is -0.810. The van der Waals surface area contributed by atoms with Crippen molar-refractivity contribution in [3.05, 3.63) is 0 Å². The second-order valence-corrected chi connectivity index (χ2v) is 5.51. The van der Waals surface area contributed by atoms with Crippen molar-refractivity contribution in [3.8, 4) is 0 Å². The number of hydrogen-bond acceptors (Lipinski definition) is 3. The van der Waals surface area contributed by atoms with Crippen LogP contribution in [0.5, 0.6) is 0 Å². The highest BCUT2D eigenvalue weighted by Gasteiger charge is 2.32. The van der Waals surface area contributed by atoms with E-state index in [4.69, 9.17) is 5.73 Å². The van der Waals surface area contributed by atoms with Crippen LogP contribution < -0.4 is 16.4 Å². The average molecular weight is 278 g/mol. The number of carbonyl (C=O) groups excluding carboxylic acids is 2. The molecule has 4 N–H and O–H groups in total. The summed E-state index contributed by atoms with van der Waals surface area (Å²) >= 11 is 0. The molecule has 0 aromatic carbocycles. The maximum atomic E-state index is 12.0. The highest BCUT2D eigenvalue weighted by molar-refractivity contribution is 5.91.